The minimum atomic E-state index is -3.68. The summed E-state index contributed by atoms with van der Waals surface area (Å²) in [5.41, 5.74) is 1.02. The Balaban J connectivity index is 1.51. The van der Waals surface area contributed by atoms with Crippen molar-refractivity contribution in [2.45, 2.75) is 95.2 Å². The van der Waals surface area contributed by atoms with E-state index in [-0.39, 0.29) is 23.7 Å². The van der Waals surface area contributed by atoms with Crippen LogP contribution in [0.25, 0.3) is 0 Å². The Bertz CT molecular complexity index is 609. The zero-order valence-corrected chi connectivity index (χ0v) is 17.1. The second-order valence-corrected chi connectivity index (χ2v) is 9.00. The molecule has 0 bridgehead atoms. The number of epoxide rings is 1. The molecule has 0 spiro atoms. The summed E-state index contributed by atoms with van der Waals surface area (Å²) >= 11 is 0. The minimum Gasteiger partial charge on any atom is -0.367 e. The Morgan fingerprint density at radius 2 is 1.46 bits per heavy atom. The largest absolute Gasteiger partial charge is 0.367 e. The van der Waals surface area contributed by atoms with Gasteiger partial charge in [0.05, 0.1) is 17.6 Å². The van der Waals surface area contributed by atoms with Gasteiger partial charge in [0.15, 0.2) is 0 Å². The van der Waals surface area contributed by atoms with Crippen LogP contribution in [0.15, 0.2) is 29.2 Å². The fourth-order valence-electron chi connectivity index (χ4n) is 3.17. The van der Waals surface area contributed by atoms with E-state index in [0.29, 0.717) is 0 Å². The molecule has 5 heteroatoms. The van der Waals surface area contributed by atoms with Gasteiger partial charge in [-0.1, -0.05) is 82.4 Å². The molecule has 1 fully saturated rings. The Hall–Kier alpha value is -0.910. The van der Waals surface area contributed by atoms with Crippen molar-refractivity contribution in [3.8, 4) is 0 Å². The van der Waals surface area contributed by atoms with Gasteiger partial charge in [0, 0.05) is 0 Å². The summed E-state index contributed by atoms with van der Waals surface area (Å²) in [5, 5.41) is 0. The van der Waals surface area contributed by atoms with E-state index in [4.69, 9.17) is 8.92 Å². The molecule has 0 aromatic heterocycles. The van der Waals surface area contributed by atoms with E-state index in [1.807, 2.05) is 6.92 Å². The fourth-order valence-corrected chi connectivity index (χ4v) is 4.08. The highest BCUT2D eigenvalue weighted by Gasteiger charge is 2.39. The molecule has 1 heterocycles. The van der Waals surface area contributed by atoms with Crippen LogP contribution < -0.4 is 0 Å². The molecular formula is C21H34O4S. The van der Waals surface area contributed by atoms with E-state index in [2.05, 4.69) is 6.92 Å². The lowest BCUT2D eigenvalue weighted by Crippen LogP contribution is -2.12. The van der Waals surface area contributed by atoms with E-state index < -0.39 is 10.1 Å². The van der Waals surface area contributed by atoms with Gasteiger partial charge in [-0.3, -0.25) is 4.18 Å². The zero-order chi connectivity index (χ0) is 18.8. The summed E-state index contributed by atoms with van der Waals surface area (Å²) in [7, 11) is -3.68. The molecule has 1 saturated heterocycles. The minimum absolute atomic E-state index is 0.0655. The summed E-state index contributed by atoms with van der Waals surface area (Å²) in [6, 6.07) is 6.71. The predicted molar refractivity (Wildman–Crippen MR) is 105 cm³/mol. The summed E-state index contributed by atoms with van der Waals surface area (Å²) in [4.78, 5) is 0.208. The maximum absolute atomic E-state index is 12.1. The molecule has 148 valence electrons. The SMILES string of the molecule is CCCCCCCCCCC[C@H]1O[C@H]1COS(=O)(=O)c1ccc(C)cc1. The first kappa shape index (κ1) is 21.4. The lowest BCUT2D eigenvalue weighted by atomic mass is 10.1. The average molecular weight is 383 g/mol. The molecule has 0 N–H and O–H groups in total. The Morgan fingerprint density at radius 3 is 2.08 bits per heavy atom. The topological polar surface area (TPSA) is 55.9 Å². The maximum atomic E-state index is 12.1. The summed E-state index contributed by atoms with van der Waals surface area (Å²) in [5.74, 6) is 0. The van der Waals surface area contributed by atoms with Crippen LogP contribution in [0.5, 0.6) is 0 Å². The maximum Gasteiger partial charge on any atom is 0.297 e. The predicted octanol–water partition coefficient (Wildman–Crippen LogP) is 5.39. The van der Waals surface area contributed by atoms with Gasteiger partial charge in [0.25, 0.3) is 10.1 Å². The molecule has 0 saturated carbocycles. The van der Waals surface area contributed by atoms with Crippen LogP contribution in [0.3, 0.4) is 0 Å². The van der Waals surface area contributed by atoms with Crippen molar-refractivity contribution in [2.75, 3.05) is 6.61 Å². The van der Waals surface area contributed by atoms with Gasteiger partial charge in [-0.15, -0.1) is 0 Å². The van der Waals surface area contributed by atoms with Crippen molar-refractivity contribution in [1.82, 2.24) is 0 Å². The first-order valence-electron chi connectivity index (χ1n) is 10.1. The second kappa shape index (κ2) is 11.1. The lowest BCUT2D eigenvalue weighted by molar-refractivity contribution is 0.262. The molecule has 1 aliphatic heterocycles. The van der Waals surface area contributed by atoms with Crippen molar-refractivity contribution in [3.63, 3.8) is 0 Å². The van der Waals surface area contributed by atoms with Crippen molar-refractivity contribution < 1.29 is 17.3 Å². The molecule has 26 heavy (non-hydrogen) atoms. The number of ether oxygens (including phenoxy) is 1. The highest BCUT2D eigenvalue weighted by atomic mass is 32.2. The van der Waals surface area contributed by atoms with E-state index in [0.717, 1.165) is 18.4 Å². The third-order valence-electron chi connectivity index (χ3n) is 4.98. The van der Waals surface area contributed by atoms with Crippen LogP contribution in [-0.4, -0.2) is 27.2 Å². The van der Waals surface area contributed by atoms with Crippen LogP contribution in [0.2, 0.25) is 0 Å². The van der Waals surface area contributed by atoms with Gasteiger partial charge in [0.1, 0.15) is 6.10 Å². The number of benzene rings is 1. The highest BCUT2D eigenvalue weighted by Crippen LogP contribution is 2.29. The molecule has 4 nitrogen and oxygen atoms in total. The van der Waals surface area contributed by atoms with Crippen LogP contribution in [-0.2, 0) is 19.0 Å². The highest BCUT2D eigenvalue weighted by molar-refractivity contribution is 7.86. The van der Waals surface area contributed by atoms with Crippen molar-refractivity contribution in [2.24, 2.45) is 0 Å². The van der Waals surface area contributed by atoms with E-state index in [1.165, 1.54) is 51.4 Å². The van der Waals surface area contributed by atoms with Gasteiger partial charge in [-0.25, -0.2) is 0 Å². The molecule has 0 amide bonds. The normalized spacial score (nSPS) is 19.6. The van der Waals surface area contributed by atoms with Crippen LogP contribution in [0.4, 0.5) is 0 Å². The first-order valence-corrected chi connectivity index (χ1v) is 11.6. The van der Waals surface area contributed by atoms with E-state index in [1.54, 1.807) is 24.3 Å². The van der Waals surface area contributed by atoms with Crippen molar-refractivity contribution >= 4 is 10.1 Å². The zero-order valence-electron chi connectivity index (χ0n) is 16.3. The monoisotopic (exact) mass is 382 g/mol. The van der Waals surface area contributed by atoms with Crippen molar-refractivity contribution in [3.05, 3.63) is 29.8 Å². The Kier molecular flexibility index (Phi) is 9.09. The fraction of sp³-hybridized carbons (Fsp3) is 0.714. The summed E-state index contributed by atoms with van der Waals surface area (Å²) in [6.07, 6.45) is 12.9. The molecule has 1 aromatic rings. The molecule has 0 unspecified atom stereocenters. The number of rotatable bonds is 14. The Labute approximate surface area is 159 Å². The molecule has 2 rings (SSSR count). The van der Waals surface area contributed by atoms with Gasteiger partial charge in [0.2, 0.25) is 0 Å². The average Bonchev–Trinajstić information content (AvgIpc) is 3.37. The number of hydrogen-bond donors (Lipinski definition) is 0. The number of aryl methyl sites for hydroxylation is 1. The number of hydrogen-bond acceptors (Lipinski definition) is 4. The van der Waals surface area contributed by atoms with Gasteiger partial charge in [-0.05, 0) is 25.5 Å². The second-order valence-electron chi connectivity index (χ2n) is 7.38. The molecule has 1 aromatic carbocycles. The molecule has 1 aliphatic rings. The third kappa shape index (κ3) is 7.77. The quantitative estimate of drug-likeness (QED) is 0.246. The van der Waals surface area contributed by atoms with Crippen LogP contribution in [0, 0.1) is 6.92 Å². The van der Waals surface area contributed by atoms with Gasteiger partial charge < -0.3 is 4.74 Å². The van der Waals surface area contributed by atoms with Gasteiger partial charge >= 0.3 is 0 Å². The first-order chi connectivity index (χ1) is 12.5. The molecule has 0 radical (unpaired) electrons. The van der Waals surface area contributed by atoms with Crippen LogP contribution >= 0.6 is 0 Å². The third-order valence-corrected chi connectivity index (χ3v) is 6.27. The molecular weight excluding hydrogens is 348 g/mol. The van der Waals surface area contributed by atoms with E-state index in [9.17, 15) is 8.42 Å². The van der Waals surface area contributed by atoms with E-state index >= 15 is 0 Å². The molecule has 2 atom stereocenters. The van der Waals surface area contributed by atoms with Gasteiger partial charge in [-0.2, -0.15) is 8.42 Å². The van der Waals surface area contributed by atoms with Crippen LogP contribution in [0.1, 0.15) is 76.7 Å². The number of unbranched alkanes of at least 4 members (excludes halogenated alkanes) is 8. The lowest BCUT2D eigenvalue weighted by Gasteiger charge is -2.04. The summed E-state index contributed by atoms with van der Waals surface area (Å²) < 4.78 is 35.0. The van der Waals surface area contributed by atoms with Crippen molar-refractivity contribution in [1.29, 1.82) is 0 Å². The standard InChI is InChI=1S/C21H34O4S/c1-3-4-5-6-7-8-9-10-11-12-20-21(25-20)17-24-26(22,23)19-15-13-18(2)14-16-19/h13-16,20-21H,3-12,17H2,1-2H3/t20-,21+/m1/s1. The molecule has 0 aliphatic carbocycles. The summed E-state index contributed by atoms with van der Waals surface area (Å²) in [6.45, 7) is 4.29. The smallest absolute Gasteiger partial charge is 0.297 e. The Morgan fingerprint density at radius 1 is 0.885 bits per heavy atom.